The molecule has 78 valence electrons. The first-order valence-electron chi connectivity index (χ1n) is 4.54. The van der Waals surface area contributed by atoms with E-state index >= 15 is 0 Å². The fraction of sp³-hybridized carbons (Fsp3) is 0.182. The zero-order chi connectivity index (χ0) is 10.8. The van der Waals surface area contributed by atoms with E-state index in [1.807, 2.05) is 31.2 Å². The summed E-state index contributed by atoms with van der Waals surface area (Å²) in [7, 11) is 0. The molecule has 2 aromatic rings. The van der Waals surface area contributed by atoms with Crippen LogP contribution in [0.5, 0.6) is 0 Å². The van der Waals surface area contributed by atoms with Gasteiger partial charge in [0, 0.05) is 21.4 Å². The third-order valence-corrected chi connectivity index (χ3v) is 3.05. The molecule has 0 spiro atoms. The van der Waals surface area contributed by atoms with E-state index < -0.39 is 0 Å². The topological polar surface area (TPSA) is 26.0 Å². The number of aromatic nitrogens is 1. The number of nitrogens with zero attached hydrogens (tertiary/aromatic N) is 1. The maximum Gasteiger partial charge on any atom is 0.170 e. The Morgan fingerprint density at radius 3 is 2.87 bits per heavy atom. The average Bonchev–Trinajstić information content (AvgIpc) is 2.59. The van der Waals surface area contributed by atoms with Gasteiger partial charge in [0.1, 0.15) is 0 Å². The van der Waals surface area contributed by atoms with Crippen LogP contribution in [-0.2, 0) is 5.75 Å². The molecule has 15 heavy (non-hydrogen) atoms. The van der Waals surface area contributed by atoms with E-state index in [0.29, 0.717) is 5.75 Å². The van der Waals surface area contributed by atoms with Crippen molar-refractivity contribution in [3.05, 3.63) is 40.0 Å². The molecule has 1 heterocycles. The van der Waals surface area contributed by atoms with E-state index in [0.717, 1.165) is 27.1 Å². The van der Waals surface area contributed by atoms with Crippen molar-refractivity contribution < 1.29 is 4.52 Å². The van der Waals surface area contributed by atoms with Gasteiger partial charge in [-0.1, -0.05) is 33.2 Å². The van der Waals surface area contributed by atoms with Crippen LogP contribution < -0.4 is 0 Å². The normalized spacial score (nSPS) is 10.6. The largest absolute Gasteiger partial charge is 0.356 e. The second-order valence-electron chi connectivity index (χ2n) is 3.25. The zero-order valence-electron chi connectivity index (χ0n) is 8.20. The third-order valence-electron chi connectivity index (χ3n) is 2.26. The van der Waals surface area contributed by atoms with Gasteiger partial charge in [-0.2, -0.15) is 12.6 Å². The first-order chi connectivity index (χ1) is 7.22. The molecule has 0 N–H and O–H groups in total. The van der Waals surface area contributed by atoms with E-state index in [1.54, 1.807) is 0 Å². The van der Waals surface area contributed by atoms with Crippen LogP contribution in [0.4, 0.5) is 0 Å². The highest BCUT2D eigenvalue weighted by atomic mass is 79.9. The highest BCUT2D eigenvalue weighted by molar-refractivity contribution is 9.10. The van der Waals surface area contributed by atoms with Gasteiger partial charge in [-0.15, -0.1) is 0 Å². The molecule has 0 amide bonds. The molecule has 0 atom stereocenters. The van der Waals surface area contributed by atoms with Crippen LogP contribution in [0, 0.1) is 6.92 Å². The summed E-state index contributed by atoms with van der Waals surface area (Å²) in [5.41, 5.74) is 2.99. The number of thiol groups is 1. The first kappa shape index (κ1) is 10.8. The van der Waals surface area contributed by atoms with Gasteiger partial charge in [0.25, 0.3) is 0 Å². The lowest BCUT2D eigenvalue weighted by atomic mass is 10.1. The third kappa shape index (κ3) is 2.11. The van der Waals surface area contributed by atoms with Crippen molar-refractivity contribution >= 4 is 28.6 Å². The van der Waals surface area contributed by atoms with Crippen molar-refractivity contribution in [1.82, 2.24) is 5.16 Å². The lowest BCUT2D eigenvalue weighted by Crippen LogP contribution is -1.82. The minimum Gasteiger partial charge on any atom is -0.356 e. The highest BCUT2D eigenvalue weighted by Gasteiger charge is 2.12. The Kier molecular flexibility index (Phi) is 3.17. The molecular weight excluding hydrogens is 274 g/mol. The lowest BCUT2D eigenvalue weighted by Gasteiger charge is -1.98. The minimum atomic E-state index is 0.601. The van der Waals surface area contributed by atoms with Gasteiger partial charge in [0.05, 0.1) is 5.69 Å². The monoisotopic (exact) mass is 283 g/mol. The van der Waals surface area contributed by atoms with Crippen LogP contribution >= 0.6 is 28.6 Å². The molecule has 1 aromatic carbocycles. The van der Waals surface area contributed by atoms with Gasteiger partial charge in [-0.25, -0.2) is 0 Å². The summed E-state index contributed by atoms with van der Waals surface area (Å²) >= 11 is 7.62. The Balaban J connectivity index is 2.49. The number of rotatable bonds is 2. The smallest absolute Gasteiger partial charge is 0.170 e. The summed E-state index contributed by atoms with van der Waals surface area (Å²) in [4.78, 5) is 0. The molecule has 2 nitrogen and oxygen atoms in total. The summed E-state index contributed by atoms with van der Waals surface area (Å²) in [5.74, 6) is 1.42. The van der Waals surface area contributed by atoms with Crippen LogP contribution in [0.25, 0.3) is 11.3 Å². The van der Waals surface area contributed by atoms with Crippen molar-refractivity contribution in [2.24, 2.45) is 0 Å². The quantitative estimate of drug-likeness (QED) is 0.848. The Morgan fingerprint density at radius 2 is 2.27 bits per heavy atom. The Bertz CT molecular complexity index is 481. The lowest BCUT2D eigenvalue weighted by molar-refractivity contribution is 0.426. The van der Waals surface area contributed by atoms with E-state index in [1.165, 1.54) is 0 Å². The van der Waals surface area contributed by atoms with Crippen molar-refractivity contribution in [2.75, 3.05) is 0 Å². The average molecular weight is 284 g/mol. The minimum absolute atomic E-state index is 0.601. The fourth-order valence-corrected chi connectivity index (χ4v) is 2.11. The van der Waals surface area contributed by atoms with E-state index in [-0.39, 0.29) is 0 Å². The Morgan fingerprint density at radius 1 is 1.47 bits per heavy atom. The molecule has 0 saturated heterocycles. The summed E-state index contributed by atoms with van der Waals surface area (Å²) < 4.78 is 6.34. The molecule has 0 aliphatic carbocycles. The van der Waals surface area contributed by atoms with Gasteiger partial charge in [0.2, 0.25) is 0 Å². The van der Waals surface area contributed by atoms with Crippen LogP contribution in [0.1, 0.15) is 11.3 Å². The molecule has 2 rings (SSSR count). The summed E-state index contributed by atoms with van der Waals surface area (Å²) in [6.07, 6.45) is 0. The molecule has 1 aromatic heterocycles. The molecule has 0 aliphatic heterocycles. The molecule has 0 unspecified atom stereocenters. The Labute approximate surface area is 102 Å². The zero-order valence-corrected chi connectivity index (χ0v) is 10.7. The molecule has 0 aliphatic rings. The molecule has 0 saturated carbocycles. The maximum absolute atomic E-state index is 5.31. The van der Waals surface area contributed by atoms with Crippen molar-refractivity contribution in [1.29, 1.82) is 0 Å². The summed E-state index contributed by atoms with van der Waals surface area (Å²) in [5, 5.41) is 3.97. The molecule has 0 bridgehead atoms. The standard InChI is InChI=1S/C11H10BrNOS/c1-7-10(6-15)13-14-11(7)8-3-2-4-9(12)5-8/h2-5,15H,6H2,1H3. The van der Waals surface area contributed by atoms with E-state index in [9.17, 15) is 0 Å². The molecular formula is C11H10BrNOS. The number of halogens is 1. The number of benzene rings is 1. The van der Waals surface area contributed by atoms with Gasteiger partial charge in [0.15, 0.2) is 5.76 Å². The highest BCUT2D eigenvalue weighted by Crippen LogP contribution is 2.28. The second kappa shape index (κ2) is 4.41. The predicted molar refractivity (Wildman–Crippen MR) is 67.1 cm³/mol. The Hall–Kier alpha value is -0.740. The van der Waals surface area contributed by atoms with Gasteiger partial charge in [-0.3, -0.25) is 0 Å². The van der Waals surface area contributed by atoms with Gasteiger partial charge < -0.3 is 4.52 Å². The number of hydrogen-bond donors (Lipinski definition) is 1. The van der Waals surface area contributed by atoms with Crippen LogP contribution in [0.15, 0.2) is 33.3 Å². The predicted octanol–water partition coefficient (Wildman–Crippen LogP) is 3.84. The summed E-state index contributed by atoms with van der Waals surface area (Å²) in [6.45, 7) is 2.00. The van der Waals surface area contributed by atoms with Crippen molar-refractivity contribution in [3.63, 3.8) is 0 Å². The first-order valence-corrected chi connectivity index (χ1v) is 5.97. The molecule has 4 heteroatoms. The van der Waals surface area contributed by atoms with E-state index in [2.05, 4.69) is 33.7 Å². The van der Waals surface area contributed by atoms with Crippen molar-refractivity contribution in [2.45, 2.75) is 12.7 Å². The van der Waals surface area contributed by atoms with E-state index in [4.69, 9.17) is 4.52 Å². The van der Waals surface area contributed by atoms with Gasteiger partial charge in [-0.05, 0) is 19.1 Å². The van der Waals surface area contributed by atoms with Crippen LogP contribution in [-0.4, -0.2) is 5.16 Å². The second-order valence-corrected chi connectivity index (χ2v) is 4.48. The number of hydrogen-bond acceptors (Lipinski definition) is 3. The molecule has 0 radical (unpaired) electrons. The van der Waals surface area contributed by atoms with Crippen molar-refractivity contribution in [3.8, 4) is 11.3 Å². The summed E-state index contributed by atoms with van der Waals surface area (Å²) in [6, 6.07) is 7.97. The van der Waals surface area contributed by atoms with Crippen LogP contribution in [0.2, 0.25) is 0 Å². The fourth-order valence-electron chi connectivity index (χ4n) is 1.42. The van der Waals surface area contributed by atoms with Crippen LogP contribution in [0.3, 0.4) is 0 Å². The maximum atomic E-state index is 5.31. The SMILES string of the molecule is Cc1c(CS)noc1-c1cccc(Br)c1. The molecule has 0 fully saturated rings. The van der Waals surface area contributed by atoms with Gasteiger partial charge >= 0.3 is 0 Å².